The Hall–Kier alpha value is -1.26. The minimum Gasteiger partial charge on any atom is -0.508 e. The van der Waals surface area contributed by atoms with E-state index in [2.05, 4.69) is 4.74 Å². The first-order valence-corrected chi connectivity index (χ1v) is 4.25. The van der Waals surface area contributed by atoms with Gasteiger partial charge < -0.3 is 15.6 Å². The van der Waals surface area contributed by atoms with Crippen molar-refractivity contribution in [3.63, 3.8) is 0 Å². The van der Waals surface area contributed by atoms with E-state index >= 15 is 0 Å². The molecule has 4 nitrogen and oxygen atoms in total. The van der Waals surface area contributed by atoms with Crippen molar-refractivity contribution in [1.82, 2.24) is 0 Å². The zero-order chi connectivity index (χ0) is 10.6. The molecule has 0 aliphatic heterocycles. The summed E-state index contributed by atoms with van der Waals surface area (Å²) >= 11 is 0. The Kier molecular flexibility index (Phi) is 5.74. The zero-order valence-electron chi connectivity index (χ0n) is 8.34. The highest BCUT2D eigenvalue weighted by Crippen LogP contribution is 2.18. The van der Waals surface area contributed by atoms with Gasteiger partial charge in [-0.2, -0.15) is 0 Å². The van der Waals surface area contributed by atoms with E-state index in [9.17, 15) is 9.90 Å². The van der Waals surface area contributed by atoms with Gasteiger partial charge in [0.25, 0.3) is 0 Å². The minimum absolute atomic E-state index is 0. The first kappa shape index (κ1) is 13.7. The van der Waals surface area contributed by atoms with Crippen LogP contribution in [0.5, 0.6) is 5.75 Å². The van der Waals surface area contributed by atoms with Gasteiger partial charge in [0.2, 0.25) is 0 Å². The van der Waals surface area contributed by atoms with Crippen LogP contribution >= 0.6 is 12.4 Å². The van der Waals surface area contributed by atoms with Gasteiger partial charge in [-0.25, -0.2) is 0 Å². The van der Waals surface area contributed by atoms with E-state index in [1.807, 2.05) is 0 Å². The van der Waals surface area contributed by atoms with Crippen molar-refractivity contribution < 1.29 is 14.6 Å². The lowest BCUT2D eigenvalue weighted by Gasteiger charge is -2.10. The van der Waals surface area contributed by atoms with Crippen molar-refractivity contribution >= 4 is 18.4 Å². The molecule has 0 aliphatic rings. The molecule has 0 unspecified atom stereocenters. The molecule has 0 heterocycles. The summed E-state index contributed by atoms with van der Waals surface area (Å²) in [6, 6.07) is 6.09. The molecule has 1 aromatic carbocycles. The van der Waals surface area contributed by atoms with Gasteiger partial charge in [0.1, 0.15) is 5.75 Å². The number of nitrogens with two attached hydrogens (primary N) is 1. The first-order chi connectivity index (χ1) is 6.63. The molecule has 5 heteroatoms. The van der Waals surface area contributed by atoms with Crippen molar-refractivity contribution in [3.8, 4) is 5.75 Å². The van der Waals surface area contributed by atoms with Crippen molar-refractivity contribution in [2.45, 2.75) is 12.5 Å². The number of esters is 1. The molecule has 1 rings (SSSR count). The molecule has 0 bridgehead atoms. The fraction of sp³-hybridized carbons (Fsp3) is 0.300. The van der Waals surface area contributed by atoms with Crippen LogP contribution in [0.1, 0.15) is 18.0 Å². The number of benzene rings is 1. The Morgan fingerprint density at radius 3 is 2.80 bits per heavy atom. The maximum atomic E-state index is 10.9. The second kappa shape index (κ2) is 6.27. The molecule has 0 spiro atoms. The van der Waals surface area contributed by atoms with E-state index in [0.717, 1.165) is 5.56 Å². The lowest BCUT2D eigenvalue weighted by Crippen LogP contribution is -2.16. The van der Waals surface area contributed by atoms with Gasteiger partial charge in [-0.15, -0.1) is 12.4 Å². The predicted octanol–water partition coefficient (Wildman–Crippen LogP) is 1.38. The lowest BCUT2D eigenvalue weighted by molar-refractivity contribution is -0.141. The molecule has 0 aliphatic carbocycles. The number of rotatable bonds is 3. The number of phenols is 1. The number of hydrogen-bond acceptors (Lipinski definition) is 4. The Labute approximate surface area is 94.5 Å². The lowest BCUT2D eigenvalue weighted by atomic mass is 10.0. The van der Waals surface area contributed by atoms with Gasteiger partial charge in [-0.05, 0) is 17.7 Å². The third-order valence-electron chi connectivity index (χ3n) is 1.91. The second-order valence-electron chi connectivity index (χ2n) is 2.98. The van der Waals surface area contributed by atoms with Gasteiger partial charge in [0.05, 0.1) is 13.5 Å². The fourth-order valence-corrected chi connectivity index (χ4v) is 1.14. The Bertz CT molecular complexity index is 330. The quantitative estimate of drug-likeness (QED) is 0.771. The van der Waals surface area contributed by atoms with Crippen LogP contribution in [0.25, 0.3) is 0 Å². The van der Waals surface area contributed by atoms with Crippen molar-refractivity contribution in [2.75, 3.05) is 7.11 Å². The molecular weight excluding hydrogens is 218 g/mol. The number of methoxy groups -OCH3 is 1. The third-order valence-corrected chi connectivity index (χ3v) is 1.91. The Balaban J connectivity index is 0.00000196. The van der Waals surface area contributed by atoms with Crippen LogP contribution in [0.15, 0.2) is 24.3 Å². The predicted molar refractivity (Wildman–Crippen MR) is 58.9 cm³/mol. The van der Waals surface area contributed by atoms with Gasteiger partial charge in [-0.1, -0.05) is 12.1 Å². The van der Waals surface area contributed by atoms with E-state index < -0.39 is 6.04 Å². The molecule has 0 saturated heterocycles. The number of carbonyl (C=O) groups excluding carboxylic acids is 1. The highest BCUT2D eigenvalue weighted by atomic mass is 35.5. The van der Waals surface area contributed by atoms with E-state index in [4.69, 9.17) is 5.73 Å². The van der Waals surface area contributed by atoms with Crippen LogP contribution in [0.4, 0.5) is 0 Å². The monoisotopic (exact) mass is 231 g/mol. The van der Waals surface area contributed by atoms with Crippen LogP contribution in [-0.2, 0) is 9.53 Å². The maximum Gasteiger partial charge on any atom is 0.307 e. The van der Waals surface area contributed by atoms with E-state index in [1.165, 1.54) is 13.2 Å². The summed E-state index contributed by atoms with van der Waals surface area (Å²) in [6.07, 6.45) is 0.111. The molecule has 15 heavy (non-hydrogen) atoms. The average Bonchev–Trinajstić information content (AvgIpc) is 2.17. The van der Waals surface area contributed by atoms with Crippen molar-refractivity contribution in [2.24, 2.45) is 5.73 Å². The Morgan fingerprint density at radius 2 is 2.27 bits per heavy atom. The number of carbonyl (C=O) groups is 1. The average molecular weight is 232 g/mol. The minimum atomic E-state index is -0.436. The van der Waals surface area contributed by atoms with Gasteiger partial charge in [0, 0.05) is 6.04 Å². The van der Waals surface area contributed by atoms with E-state index in [1.54, 1.807) is 18.2 Å². The maximum absolute atomic E-state index is 10.9. The number of phenolic OH excluding ortho intramolecular Hbond substituents is 1. The molecule has 84 valence electrons. The molecule has 0 aromatic heterocycles. The summed E-state index contributed by atoms with van der Waals surface area (Å²) in [7, 11) is 1.32. The fourth-order valence-electron chi connectivity index (χ4n) is 1.14. The van der Waals surface area contributed by atoms with Gasteiger partial charge >= 0.3 is 5.97 Å². The topological polar surface area (TPSA) is 72.5 Å². The third kappa shape index (κ3) is 4.18. The second-order valence-corrected chi connectivity index (χ2v) is 2.98. The molecule has 3 N–H and O–H groups in total. The summed E-state index contributed by atoms with van der Waals surface area (Å²) in [4.78, 5) is 10.9. The molecule has 0 fully saturated rings. The number of halogens is 1. The summed E-state index contributed by atoms with van der Waals surface area (Å²) in [5.74, 6) is -0.219. The highest BCUT2D eigenvalue weighted by molar-refractivity contribution is 5.85. The summed E-state index contributed by atoms with van der Waals surface area (Å²) < 4.78 is 4.49. The van der Waals surface area contributed by atoms with E-state index in [-0.39, 0.29) is 30.5 Å². The summed E-state index contributed by atoms with van der Waals surface area (Å²) in [5, 5.41) is 9.18. The number of hydrogen-bond donors (Lipinski definition) is 2. The standard InChI is InChI=1S/C10H13NO3.ClH/c1-14-10(13)6-9(11)7-3-2-4-8(12)5-7;/h2-5,9,12H,6,11H2,1H3;1H/t9-;/m1./s1. The van der Waals surface area contributed by atoms with Gasteiger partial charge in [-0.3, -0.25) is 4.79 Å². The number of aromatic hydroxyl groups is 1. The molecule has 0 radical (unpaired) electrons. The Morgan fingerprint density at radius 1 is 1.60 bits per heavy atom. The number of ether oxygens (including phenoxy) is 1. The molecule has 0 saturated carbocycles. The van der Waals surface area contributed by atoms with E-state index in [0.29, 0.717) is 0 Å². The molecule has 1 aromatic rings. The van der Waals surface area contributed by atoms with Crippen LogP contribution < -0.4 is 5.73 Å². The highest BCUT2D eigenvalue weighted by Gasteiger charge is 2.11. The zero-order valence-corrected chi connectivity index (χ0v) is 9.16. The van der Waals surface area contributed by atoms with Crippen LogP contribution in [0, 0.1) is 0 Å². The van der Waals surface area contributed by atoms with Crippen LogP contribution in [-0.4, -0.2) is 18.2 Å². The van der Waals surface area contributed by atoms with Crippen LogP contribution in [0.3, 0.4) is 0 Å². The smallest absolute Gasteiger partial charge is 0.307 e. The summed E-state index contributed by atoms with van der Waals surface area (Å²) in [6.45, 7) is 0. The van der Waals surface area contributed by atoms with Crippen LogP contribution in [0.2, 0.25) is 0 Å². The first-order valence-electron chi connectivity index (χ1n) is 4.25. The van der Waals surface area contributed by atoms with Crippen molar-refractivity contribution in [1.29, 1.82) is 0 Å². The summed E-state index contributed by atoms with van der Waals surface area (Å²) in [5.41, 5.74) is 6.45. The van der Waals surface area contributed by atoms with Gasteiger partial charge in [0.15, 0.2) is 0 Å². The SMILES string of the molecule is COC(=O)C[C@@H](N)c1cccc(O)c1.Cl. The normalized spacial score (nSPS) is 11.3. The molecule has 0 amide bonds. The molecule has 1 atom stereocenters. The molecular formula is C10H14ClNO3. The van der Waals surface area contributed by atoms with Crippen molar-refractivity contribution in [3.05, 3.63) is 29.8 Å². The largest absolute Gasteiger partial charge is 0.508 e.